The monoisotopic (exact) mass is 351 g/mol. The number of hydrogen-bond donors (Lipinski definition) is 2. The summed E-state index contributed by atoms with van der Waals surface area (Å²) in [5.74, 6) is 0.0243. The van der Waals surface area contributed by atoms with Crippen molar-refractivity contribution in [2.45, 2.75) is 50.6 Å². The lowest BCUT2D eigenvalue weighted by Gasteiger charge is -2.35. The van der Waals surface area contributed by atoms with E-state index in [0.717, 1.165) is 35.0 Å². The fraction of sp³-hybridized carbons (Fsp3) is 0.429. The van der Waals surface area contributed by atoms with Gasteiger partial charge in [-0.2, -0.15) is 0 Å². The predicted molar refractivity (Wildman–Crippen MR) is 102 cm³/mol. The van der Waals surface area contributed by atoms with Crippen LogP contribution in [0.4, 0.5) is 0 Å². The third-order valence-corrected chi connectivity index (χ3v) is 5.83. The molecule has 4 rings (SSSR count). The first kappa shape index (κ1) is 16.9. The third kappa shape index (κ3) is 2.54. The second kappa shape index (κ2) is 6.01. The van der Waals surface area contributed by atoms with Gasteiger partial charge in [0.15, 0.2) is 0 Å². The van der Waals surface area contributed by atoms with Crippen molar-refractivity contribution in [3.05, 3.63) is 48.2 Å². The normalized spacial score (nSPS) is 23.2. The molecule has 0 radical (unpaired) electrons. The van der Waals surface area contributed by atoms with Crippen LogP contribution in [0, 0.1) is 0 Å². The van der Waals surface area contributed by atoms with E-state index < -0.39 is 6.04 Å². The minimum absolute atomic E-state index is 0.0172. The molecule has 5 nitrogen and oxygen atoms in total. The van der Waals surface area contributed by atoms with Crippen LogP contribution in [-0.2, 0) is 21.4 Å². The van der Waals surface area contributed by atoms with Crippen LogP contribution in [0.3, 0.4) is 0 Å². The van der Waals surface area contributed by atoms with E-state index in [1.165, 1.54) is 0 Å². The highest BCUT2D eigenvalue weighted by atomic mass is 16.2. The van der Waals surface area contributed by atoms with E-state index in [1.807, 2.05) is 24.3 Å². The molecule has 2 aliphatic heterocycles. The summed E-state index contributed by atoms with van der Waals surface area (Å²) in [5, 5.41) is 4.07. The fourth-order valence-electron chi connectivity index (χ4n) is 4.24. The van der Waals surface area contributed by atoms with Crippen LogP contribution in [0.15, 0.2) is 36.9 Å². The van der Waals surface area contributed by atoms with Crippen LogP contribution in [0.5, 0.6) is 0 Å². The number of amides is 2. The molecule has 0 aliphatic carbocycles. The molecule has 0 bridgehead atoms. The van der Waals surface area contributed by atoms with E-state index in [0.29, 0.717) is 13.0 Å². The van der Waals surface area contributed by atoms with E-state index in [2.05, 4.69) is 36.8 Å². The van der Waals surface area contributed by atoms with Gasteiger partial charge in [-0.05, 0) is 24.5 Å². The summed E-state index contributed by atoms with van der Waals surface area (Å²) in [6.07, 6.45) is 4.08. The Balaban J connectivity index is 1.75. The maximum absolute atomic E-state index is 12.9. The molecule has 136 valence electrons. The number of hydrogen-bond acceptors (Lipinski definition) is 2. The fourth-order valence-corrected chi connectivity index (χ4v) is 4.24. The molecule has 0 spiro atoms. The van der Waals surface area contributed by atoms with Crippen molar-refractivity contribution in [3.63, 3.8) is 0 Å². The first-order valence-electron chi connectivity index (χ1n) is 9.27. The Morgan fingerprint density at radius 2 is 2.08 bits per heavy atom. The maximum atomic E-state index is 12.9. The number of carbonyl (C=O) groups excluding carboxylic acids is 2. The highest BCUT2D eigenvalue weighted by Gasteiger charge is 2.43. The number of nitrogens with zero attached hydrogens (tertiary/aromatic N) is 1. The Morgan fingerprint density at radius 1 is 1.31 bits per heavy atom. The Morgan fingerprint density at radius 3 is 2.85 bits per heavy atom. The van der Waals surface area contributed by atoms with Crippen LogP contribution in [-0.4, -0.2) is 40.3 Å². The standard InChI is InChI=1S/C21H25N3O2/c1-4-21(2,3)18-14(13-8-5-6-9-15(13)22-18)12-16-20(26)24-11-7-10-17(24)19(25)23-16/h4-6,8-9,16-17,22H,1,7,10-12H2,2-3H3,(H,23,25)/t16-,17+/m1/s1. The number of aromatic nitrogens is 1. The number of piperazine rings is 1. The van der Waals surface area contributed by atoms with Crippen LogP contribution in [0.2, 0.25) is 0 Å². The van der Waals surface area contributed by atoms with E-state index >= 15 is 0 Å². The second-order valence-corrected chi connectivity index (χ2v) is 7.90. The van der Waals surface area contributed by atoms with Gasteiger partial charge in [0.05, 0.1) is 0 Å². The average Bonchev–Trinajstić information content (AvgIpc) is 3.25. The van der Waals surface area contributed by atoms with Gasteiger partial charge in [0.25, 0.3) is 0 Å². The summed E-state index contributed by atoms with van der Waals surface area (Å²) in [7, 11) is 0. The third-order valence-electron chi connectivity index (χ3n) is 5.83. The van der Waals surface area contributed by atoms with Crippen LogP contribution in [0.1, 0.15) is 37.9 Å². The quantitative estimate of drug-likeness (QED) is 0.832. The number of carbonyl (C=O) groups is 2. The largest absolute Gasteiger partial charge is 0.357 e. The van der Waals surface area contributed by atoms with Crippen molar-refractivity contribution in [2.24, 2.45) is 0 Å². The average molecular weight is 351 g/mol. The first-order valence-corrected chi connectivity index (χ1v) is 9.27. The lowest BCUT2D eigenvalue weighted by atomic mass is 9.84. The zero-order chi connectivity index (χ0) is 18.5. The number of fused-ring (bicyclic) bond motifs is 2. The van der Waals surface area contributed by atoms with Gasteiger partial charge in [-0.3, -0.25) is 9.59 Å². The van der Waals surface area contributed by atoms with Crippen molar-refractivity contribution in [1.29, 1.82) is 0 Å². The Kier molecular flexibility index (Phi) is 3.90. The van der Waals surface area contributed by atoms with Gasteiger partial charge in [-0.15, -0.1) is 6.58 Å². The Bertz CT molecular complexity index is 896. The Labute approximate surface area is 153 Å². The summed E-state index contributed by atoms with van der Waals surface area (Å²) in [4.78, 5) is 30.6. The highest BCUT2D eigenvalue weighted by molar-refractivity contribution is 5.98. The molecule has 2 amide bonds. The molecule has 3 heterocycles. The molecule has 2 fully saturated rings. The zero-order valence-corrected chi connectivity index (χ0v) is 15.3. The van der Waals surface area contributed by atoms with Crippen LogP contribution < -0.4 is 5.32 Å². The molecule has 26 heavy (non-hydrogen) atoms. The SMILES string of the molecule is C=CC(C)(C)c1[nH]c2ccccc2c1C[C@H]1NC(=O)[C@@H]2CCCN2C1=O. The number of para-hydroxylation sites is 1. The number of H-pyrrole nitrogens is 1. The number of allylic oxidation sites excluding steroid dienone is 1. The number of rotatable bonds is 4. The number of nitrogens with one attached hydrogen (secondary N) is 2. The second-order valence-electron chi connectivity index (χ2n) is 7.90. The van der Waals surface area contributed by atoms with E-state index in [9.17, 15) is 9.59 Å². The van der Waals surface area contributed by atoms with Crippen molar-refractivity contribution in [1.82, 2.24) is 15.2 Å². The summed E-state index contributed by atoms with van der Waals surface area (Å²) in [5.41, 5.74) is 2.92. The summed E-state index contributed by atoms with van der Waals surface area (Å²) in [6.45, 7) is 8.87. The predicted octanol–water partition coefficient (Wildman–Crippen LogP) is 2.66. The van der Waals surface area contributed by atoms with Crippen LogP contribution >= 0.6 is 0 Å². The summed E-state index contributed by atoms with van der Waals surface area (Å²) in [6, 6.07) is 7.33. The zero-order valence-electron chi connectivity index (χ0n) is 15.3. The topological polar surface area (TPSA) is 65.2 Å². The molecule has 5 heteroatoms. The summed E-state index contributed by atoms with van der Waals surface area (Å²) < 4.78 is 0. The first-order chi connectivity index (χ1) is 12.4. The molecule has 0 saturated carbocycles. The lowest BCUT2D eigenvalue weighted by molar-refractivity contribution is -0.146. The van der Waals surface area contributed by atoms with Gasteiger partial charge in [0.2, 0.25) is 11.8 Å². The molecule has 2 saturated heterocycles. The molecule has 1 aromatic carbocycles. The molecule has 0 unspecified atom stereocenters. The molecule has 2 atom stereocenters. The molecule has 2 aromatic rings. The van der Waals surface area contributed by atoms with E-state index in [4.69, 9.17) is 0 Å². The molecular formula is C21H25N3O2. The van der Waals surface area contributed by atoms with Crippen molar-refractivity contribution in [2.75, 3.05) is 6.54 Å². The number of benzene rings is 1. The molecule has 2 aliphatic rings. The van der Waals surface area contributed by atoms with Gasteiger partial charge in [-0.25, -0.2) is 0 Å². The smallest absolute Gasteiger partial charge is 0.246 e. The minimum Gasteiger partial charge on any atom is -0.357 e. The lowest BCUT2D eigenvalue weighted by Crippen LogP contribution is -2.61. The van der Waals surface area contributed by atoms with Gasteiger partial charge in [-0.1, -0.05) is 38.1 Å². The van der Waals surface area contributed by atoms with Gasteiger partial charge < -0.3 is 15.2 Å². The van der Waals surface area contributed by atoms with Crippen molar-refractivity contribution < 1.29 is 9.59 Å². The van der Waals surface area contributed by atoms with Crippen LogP contribution in [0.25, 0.3) is 10.9 Å². The van der Waals surface area contributed by atoms with Gasteiger partial charge in [0, 0.05) is 35.0 Å². The van der Waals surface area contributed by atoms with Crippen molar-refractivity contribution >= 4 is 22.7 Å². The molecule has 1 aromatic heterocycles. The number of aromatic amines is 1. The minimum atomic E-state index is -0.504. The van der Waals surface area contributed by atoms with Crippen molar-refractivity contribution in [3.8, 4) is 0 Å². The molecule has 2 N–H and O–H groups in total. The van der Waals surface area contributed by atoms with E-state index in [-0.39, 0.29) is 23.3 Å². The van der Waals surface area contributed by atoms with E-state index in [1.54, 1.807) is 4.90 Å². The van der Waals surface area contributed by atoms with Gasteiger partial charge in [0.1, 0.15) is 12.1 Å². The Hall–Kier alpha value is -2.56. The summed E-state index contributed by atoms with van der Waals surface area (Å²) >= 11 is 0. The maximum Gasteiger partial charge on any atom is 0.246 e. The van der Waals surface area contributed by atoms with Gasteiger partial charge >= 0.3 is 0 Å². The molecular weight excluding hydrogens is 326 g/mol. The highest BCUT2D eigenvalue weighted by Crippen LogP contribution is 2.34.